The first kappa shape index (κ1) is 21.2. The normalized spacial score (nSPS) is 18.8. The third kappa shape index (κ3) is 4.26. The Morgan fingerprint density at radius 3 is 2.48 bits per heavy atom. The molecular formula is C19H21F3N4O2S. The van der Waals surface area contributed by atoms with Gasteiger partial charge in [0.25, 0.3) is 5.91 Å². The lowest BCUT2D eigenvalue weighted by Gasteiger charge is -2.32. The van der Waals surface area contributed by atoms with Gasteiger partial charge in [0.05, 0.1) is 23.5 Å². The lowest BCUT2D eigenvalue weighted by atomic mass is 10.1. The topological polar surface area (TPSA) is 67.2 Å². The van der Waals surface area contributed by atoms with E-state index in [4.69, 9.17) is 0 Å². The first-order valence-electron chi connectivity index (χ1n) is 9.10. The Bertz CT molecular complexity index is 923. The maximum absolute atomic E-state index is 13.0. The highest BCUT2D eigenvalue weighted by Gasteiger charge is 2.35. The zero-order chi connectivity index (χ0) is 20.1. The summed E-state index contributed by atoms with van der Waals surface area (Å²) in [6, 6.07) is 4.29. The molecule has 0 saturated heterocycles. The van der Waals surface area contributed by atoms with Crippen LogP contribution in [0, 0.1) is 5.92 Å². The number of benzene rings is 1. The van der Waals surface area contributed by atoms with Crippen molar-refractivity contribution in [1.29, 1.82) is 0 Å². The Kier molecular flexibility index (Phi) is 5.66. The molecule has 156 valence electrons. The summed E-state index contributed by atoms with van der Waals surface area (Å²) in [7, 11) is 0. The van der Waals surface area contributed by atoms with E-state index in [1.807, 2.05) is 6.92 Å². The average molecular weight is 426 g/mol. The fourth-order valence-corrected chi connectivity index (χ4v) is 3.39. The molecule has 4 rings (SSSR count). The lowest BCUT2D eigenvalue weighted by Crippen LogP contribution is -2.43. The molecular weight excluding hydrogens is 405 g/mol. The number of nitrogens with one attached hydrogen (secondary N) is 1. The van der Waals surface area contributed by atoms with E-state index in [2.05, 4.69) is 10.4 Å². The number of alkyl halides is 3. The second-order valence-corrected chi connectivity index (χ2v) is 7.36. The number of amides is 2. The third-order valence-electron chi connectivity index (χ3n) is 5.06. The standard InChI is InChI=1S/C19H19F3N4O2.H2S/c1-11-10-25(14-6-4-13(5-7-14)19(20,21)22)18(28)17-15(9-23-26(11)17)24-16(27)8-12-2-3-12;/h4-7,9,11-12H,2-3,8,10H2,1H3,(H,24,27);1H2/t11-;/m0./s1. The first-order chi connectivity index (χ1) is 13.2. The molecule has 0 radical (unpaired) electrons. The molecule has 1 fully saturated rings. The van der Waals surface area contributed by atoms with Gasteiger partial charge in [-0.1, -0.05) is 0 Å². The molecule has 0 unspecified atom stereocenters. The Hall–Kier alpha value is -2.49. The maximum Gasteiger partial charge on any atom is 0.416 e. The van der Waals surface area contributed by atoms with E-state index in [0.717, 1.165) is 25.0 Å². The SMILES string of the molecule is C[C@H]1CN(c2ccc(C(F)(F)F)cc2)C(=O)c2c(NC(=O)CC3CC3)cnn21.S. The van der Waals surface area contributed by atoms with Gasteiger partial charge in [0.2, 0.25) is 5.91 Å². The summed E-state index contributed by atoms with van der Waals surface area (Å²) in [6.07, 6.45) is -0.495. The highest BCUT2D eigenvalue weighted by Crippen LogP contribution is 2.35. The molecule has 1 atom stereocenters. The zero-order valence-corrected chi connectivity index (χ0v) is 16.7. The van der Waals surface area contributed by atoms with Crippen molar-refractivity contribution < 1.29 is 22.8 Å². The minimum absolute atomic E-state index is 0. The number of hydrogen-bond acceptors (Lipinski definition) is 3. The fourth-order valence-electron chi connectivity index (χ4n) is 3.39. The third-order valence-corrected chi connectivity index (χ3v) is 5.06. The van der Waals surface area contributed by atoms with Crippen LogP contribution < -0.4 is 10.2 Å². The predicted molar refractivity (Wildman–Crippen MR) is 106 cm³/mol. The fraction of sp³-hybridized carbons (Fsp3) is 0.421. The summed E-state index contributed by atoms with van der Waals surface area (Å²) < 4.78 is 39.9. The average Bonchev–Trinajstić information content (AvgIpc) is 3.34. The molecule has 6 nitrogen and oxygen atoms in total. The molecule has 1 aliphatic heterocycles. The molecule has 2 amide bonds. The second-order valence-electron chi connectivity index (χ2n) is 7.36. The molecule has 2 aliphatic rings. The number of halogens is 3. The Labute approximate surface area is 172 Å². The zero-order valence-electron chi connectivity index (χ0n) is 15.7. The van der Waals surface area contributed by atoms with Crippen molar-refractivity contribution >= 4 is 36.7 Å². The maximum atomic E-state index is 13.0. The van der Waals surface area contributed by atoms with E-state index in [9.17, 15) is 22.8 Å². The number of fused-ring (bicyclic) bond motifs is 1. The molecule has 1 aromatic heterocycles. The van der Waals surface area contributed by atoms with Gasteiger partial charge < -0.3 is 10.2 Å². The number of aromatic nitrogens is 2. The molecule has 1 aliphatic carbocycles. The highest BCUT2D eigenvalue weighted by molar-refractivity contribution is 7.59. The molecule has 1 N–H and O–H groups in total. The largest absolute Gasteiger partial charge is 0.416 e. The van der Waals surface area contributed by atoms with Gasteiger partial charge in [-0.05, 0) is 49.9 Å². The van der Waals surface area contributed by atoms with Gasteiger partial charge in [0.15, 0.2) is 5.69 Å². The van der Waals surface area contributed by atoms with Gasteiger partial charge >= 0.3 is 6.18 Å². The van der Waals surface area contributed by atoms with Crippen LogP contribution in [0.3, 0.4) is 0 Å². The highest BCUT2D eigenvalue weighted by atomic mass is 32.1. The van der Waals surface area contributed by atoms with E-state index in [1.54, 1.807) is 4.68 Å². The van der Waals surface area contributed by atoms with Crippen molar-refractivity contribution in [2.45, 2.75) is 38.4 Å². The number of anilines is 2. The Balaban J connectivity index is 0.00000240. The summed E-state index contributed by atoms with van der Waals surface area (Å²) in [5.41, 5.74) is 0.168. The van der Waals surface area contributed by atoms with Crippen LogP contribution in [-0.2, 0) is 11.0 Å². The summed E-state index contributed by atoms with van der Waals surface area (Å²) in [5.74, 6) is -0.160. The van der Waals surface area contributed by atoms with E-state index >= 15 is 0 Å². The molecule has 1 aromatic carbocycles. The smallest absolute Gasteiger partial charge is 0.323 e. The number of nitrogens with zero attached hydrogens (tertiary/aromatic N) is 3. The van der Waals surface area contributed by atoms with E-state index < -0.39 is 17.6 Å². The number of carbonyl (C=O) groups excluding carboxylic acids is 2. The molecule has 0 spiro atoms. The van der Waals surface area contributed by atoms with Gasteiger partial charge in [-0.15, -0.1) is 0 Å². The second kappa shape index (κ2) is 7.74. The summed E-state index contributed by atoms with van der Waals surface area (Å²) in [4.78, 5) is 26.6. The summed E-state index contributed by atoms with van der Waals surface area (Å²) in [6.45, 7) is 2.13. The van der Waals surface area contributed by atoms with Gasteiger partial charge in [-0.2, -0.15) is 31.8 Å². The van der Waals surface area contributed by atoms with Crippen LogP contribution in [0.5, 0.6) is 0 Å². The van der Waals surface area contributed by atoms with Crippen LogP contribution in [0.15, 0.2) is 30.5 Å². The van der Waals surface area contributed by atoms with Crippen LogP contribution in [-0.4, -0.2) is 28.1 Å². The van der Waals surface area contributed by atoms with Crippen molar-refractivity contribution in [3.8, 4) is 0 Å². The molecule has 29 heavy (non-hydrogen) atoms. The molecule has 2 heterocycles. The van der Waals surface area contributed by atoms with Crippen molar-refractivity contribution in [3.05, 3.63) is 41.7 Å². The van der Waals surface area contributed by atoms with Crippen LogP contribution in [0.2, 0.25) is 0 Å². The van der Waals surface area contributed by atoms with E-state index in [-0.39, 0.29) is 37.7 Å². The van der Waals surface area contributed by atoms with Crippen molar-refractivity contribution in [3.63, 3.8) is 0 Å². The van der Waals surface area contributed by atoms with Gasteiger partial charge in [0.1, 0.15) is 0 Å². The van der Waals surface area contributed by atoms with Crippen LogP contribution in [0.25, 0.3) is 0 Å². The molecule has 2 aromatic rings. The predicted octanol–water partition coefficient (Wildman–Crippen LogP) is 3.97. The van der Waals surface area contributed by atoms with E-state index in [1.165, 1.54) is 23.2 Å². The van der Waals surface area contributed by atoms with Gasteiger partial charge in [-0.25, -0.2) is 0 Å². The van der Waals surface area contributed by atoms with Crippen LogP contribution in [0.4, 0.5) is 24.5 Å². The van der Waals surface area contributed by atoms with E-state index in [0.29, 0.717) is 23.7 Å². The molecule has 1 saturated carbocycles. The van der Waals surface area contributed by atoms with Gasteiger partial charge in [-0.3, -0.25) is 14.3 Å². The quantitative estimate of drug-likeness (QED) is 0.804. The Morgan fingerprint density at radius 2 is 1.90 bits per heavy atom. The lowest BCUT2D eigenvalue weighted by molar-refractivity contribution is -0.137. The van der Waals surface area contributed by atoms with Crippen molar-refractivity contribution in [1.82, 2.24) is 9.78 Å². The van der Waals surface area contributed by atoms with Crippen LogP contribution >= 0.6 is 13.5 Å². The molecule has 0 bridgehead atoms. The Morgan fingerprint density at radius 1 is 1.24 bits per heavy atom. The van der Waals surface area contributed by atoms with Crippen LogP contribution in [0.1, 0.15) is 48.3 Å². The monoisotopic (exact) mass is 426 g/mol. The summed E-state index contributed by atoms with van der Waals surface area (Å²) in [5, 5.41) is 6.97. The first-order valence-corrected chi connectivity index (χ1v) is 9.10. The number of hydrogen-bond donors (Lipinski definition) is 1. The van der Waals surface area contributed by atoms with Crippen molar-refractivity contribution in [2.24, 2.45) is 5.92 Å². The molecule has 10 heteroatoms. The minimum Gasteiger partial charge on any atom is -0.323 e. The van der Waals surface area contributed by atoms with Crippen molar-refractivity contribution in [2.75, 3.05) is 16.8 Å². The number of carbonyl (C=O) groups is 2. The summed E-state index contributed by atoms with van der Waals surface area (Å²) >= 11 is 0. The minimum atomic E-state index is -4.44. The number of rotatable bonds is 4. The van der Waals surface area contributed by atoms with Gasteiger partial charge in [0, 0.05) is 18.7 Å².